The van der Waals surface area contributed by atoms with E-state index in [4.69, 9.17) is 5.73 Å². The zero-order valence-electron chi connectivity index (χ0n) is 11.8. The van der Waals surface area contributed by atoms with E-state index in [2.05, 4.69) is 0 Å². The molecular formula is C13H15N3O5S. The summed E-state index contributed by atoms with van der Waals surface area (Å²) >= 11 is 1.06. The van der Waals surface area contributed by atoms with Gasteiger partial charge in [-0.3, -0.25) is 19.3 Å². The fourth-order valence-corrected chi connectivity index (χ4v) is 4.47. The third-order valence-electron chi connectivity index (χ3n) is 4.31. The molecule has 3 aliphatic heterocycles. The van der Waals surface area contributed by atoms with E-state index in [1.807, 2.05) is 0 Å². The molecule has 0 radical (unpaired) electrons. The fraction of sp³-hybridized carbons (Fsp3) is 0.538. The molecule has 3 rings (SSSR count). The minimum atomic E-state index is -1.20. The molecule has 118 valence electrons. The topological polar surface area (TPSA) is 121 Å². The number of carbonyl (C=O) groups excluding carboxylic acids is 3. The van der Waals surface area contributed by atoms with Crippen LogP contribution in [0.25, 0.3) is 0 Å². The molecule has 2 fully saturated rings. The van der Waals surface area contributed by atoms with Crippen LogP contribution >= 0.6 is 11.8 Å². The number of amides is 3. The van der Waals surface area contributed by atoms with Gasteiger partial charge in [0, 0.05) is 24.3 Å². The van der Waals surface area contributed by atoms with Crippen molar-refractivity contribution in [3.05, 3.63) is 10.6 Å². The highest BCUT2D eigenvalue weighted by atomic mass is 32.2. The Bertz CT molecular complexity index is 631. The fourth-order valence-electron chi connectivity index (χ4n) is 3.50. The molecule has 3 amide bonds. The number of nitrogens with two attached hydrogens (primary N) is 1. The largest absolute Gasteiger partial charge is 0.477 e. The Hall–Kier alpha value is -2.03. The van der Waals surface area contributed by atoms with Crippen LogP contribution in [-0.2, 0) is 19.2 Å². The van der Waals surface area contributed by atoms with Crippen LogP contribution in [0.5, 0.6) is 0 Å². The van der Waals surface area contributed by atoms with Crippen molar-refractivity contribution in [2.24, 2.45) is 11.7 Å². The van der Waals surface area contributed by atoms with E-state index in [9.17, 15) is 24.3 Å². The Morgan fingerprint density at radius 1 is 1.41 bits per heavy atom. The highest BCUT2D eigenvalue weighted by Gasteiger charge is 2.63. The second-order valence-electron chi connectivity index (χ2n) is 5.61. The number of aliphatic carboxylic acids is 1. The molecule has 8 nitrogen and oxygen atoms in total. The van der Waals surface area contributed by atoms with Gasteiger partial charge in [0.2, 0.25) is 11.8 Å². The molecule has 9 heteroatoms. The number of likely N-dealkylation sites (tertiary alicyclic amines) is 1. The first-order chi connectivity index (χ1) is 10.3. The van der Waals surface area contributed by atoms with Crippen molar-refractivity contribution >= 4 is 35.5 Å². The van der Waals surface area contributed by atoms with Gasteiger partial charge in [0.1, 0.15) is 11.7 Å². The number of primary amides is 1. The molecule has 2 saturated heterocycles. The number of rotatable bonds is 4. The van der Waals surface area contributed by atoms with E-state index < -0.39 is 17.9 Å². The summed E-state index contributed by atoms with van der Waals surface area (Å²) in [6.45, 7) is 1.84. The standard InChI is InChI=1S/C13H15N3O5S/c1-5(17)15-3-6-2-7(22-4-8(14)18)10(13(20)21)16-9(6)11(15)12(16)19/h6,9,11H,2-4H2,1H3,(H2,14,18)(H,20,21)/t6-,9-,11+/m1/s1. The van der Waals surface area contributed by atoms with Gasteiger partial charge in [-0.1, -0.05) is 0 Å². The minimum absolute atomic E-state index is 0.00470. The van der Waals surface area contributed by atoms with E-state index in [0.717, 1.165) is 11.8 Å². The molecular weight excluding hydrogens is 310 g/mol. The van der Waals surface area contributed by atoms with Gasteiger partial charge in [-0.05, 0) is 6.42 Å². The van der Waals surface area contributed by atoms with Crippen molar-refractivity contribution in [3.8, 4) is 0 Å². The summed E-state index contributed by atoms with van der Waals surface area (Å²) < 4.78 is 0. The van der Waals surface area contributed by atoms with Crippen LogP contribution in [0.1, 0.15) is 13.3 Å². The first-order valence-electron chi connectivity index (χ1n) is 6.80. The number of thioether (sulfide) groups is 1. The van der Waals surface area contributed by atoms with E-state index >= 15 is 0 Å². The van der Waals surface area contributed by atoms with Gasteiger partial charge < -0.3 is 15.7 Å². The van der Waals surface area contributed by atoms with Gasteiger partial charge in [0.25, 0.3) is 5.91 Å². The lowest BCUT2D eigenvalue weighted by Gasteiger charge is -2.49. The predicted molar refractivity (Wildman–Crippen MR) is 76.2 cm³/mol. The van der Waals surface area contributed by atoms with E-state index in [1.165, 1.54) is 16.7 Å². The van der Waals surface area contributed by atoms with Gasteiger partial charge >= 0.3 is 5.97 Å². The number of nitrogens with zero attached hydrogens (tertiary/aromatic N) is 2. The number of carboxylic acid groups (broad SMARTS) is 1. The summed E-state index contributed by atoms with van der Waals surface area (Å²) in [7, 11) is 0. The van der Waals surface area contributed by atoms with Crippen LogP contribution < -0.4 is 5.73 Å². The lowest BCUT2D eigenvalue weighted by atomic mass is 9.82. The van der Waals surface area contributed by atoms with E-state index in [-0.39, 0.29) is 35.2 Å². The van der Waals surface area contributed by atoms with Crippen LogP contribution in [0, 0.1) is 5.92 Å². The number of β-lactam (4-membered cyclic amide) rings is 1. The Kier molecular flexibility index (Phi) is 3.39. The molecule has 22 heavy (non-hydrogen) atoms. The maximum Gasteiger partial charge on any atom is 0.353 e. The first kappa shape index (κ1) is 14.9. The summed E-state index contributed by atoms with van der Waals surface area (Å²) in [5.41, 5.74) is 5.04. The lowest BCUT2D eigenvalue weighted by Crippen LogP contribution is -2.69. The van der Waals surface area contributed by atoms with Crippen LogP contribution in [-0.4, -0.2) is 63.0 Å². The number of allylic oxidation sites excluding steroid dienone is 1. The molecule has 3 N–H and O–H groups in total. The summed E-state index contributed by atoms with van der Waals surface area (Å²) in [4.78, 5) is 49.7. The Morgan fingerprint density at radius 2 is 2.09 bits per heavy atom. The lowest BCUT2D eigenvalue weighted by molar-refractivity contribution is -0.159. The Morgan fingerprint density at radius 3 is 2.64 bits per heavy atom. The molecule has 3 aliphatic rings. The molecule has 0 spiro atoms. The van der Waals surface area contributed by atoms with Crippen molar-refractivity contribution in [1.82, 2.24) is 9.80 Å². The summed E-state index contributed by atoms with van der Waals surface area (Å²) in [5, 5.41) is 9.42. The van der Waals surface area contributed by atoms with Crippen molar-refractivity contribution in [3.63, 3.8) is 0 Å². The third-order valence-corrected chi connectivity index (χ3v) is 5.45. The molecule has 0 aromatic heterocycles. The monoisotopic (exact) mass is 325 g/mol. The minimum Gasteiger partial charge on any atom is -0.477 e. The second kappa shape index (κ2) is 5.01. The maximum absolute atomic E-state index is 12.3. The third kappa shape index (κ3) is 1.99. The zero-order valence-corrected chi connectivity index (χ0v) is 12.6. The van der Waals surface area contributed by atoms with Crippen molar-refractivity contribution in [2.75, 3.05) is 12.3 Å². The van der Waals surface area contributed by atoms with Gasteiger partial charge in [0.15, 0.2) is 0 Å². The van der Waals surface area contributed by atoms with Crippen molar-refractivity contribution in [2.45, 2.75) is 25.4 Å². The Balaban J connectivity index is 1.94. The molecule has 0 unspecified atom stereocenters. The van der Waals surface area contributed by atoms with Crippen LogP contribution in [0.15, 0.2) is 10.6 Å². The van der Waals surface area contributed by atoms with Crippen LogP contribution in [0.4, 0.5) is 0 Å². The summed E-state index contributed by atoms with van der Waals surface area (Å²) in [6.07, 6.45) is 0.439. The Labute approximate surface area is 130 Å². The summed E-state index contributed by atoms with van der Waals surface area (Å²) in [6, 6.07) is -0.806. The van der Waals surface area contributed by atoms with E-state index in [0.29, 0.717) is 17.9 Å². The first-order valence-corrected chi connectivity index (χ1v) is 7.79. The smallest absolute Gasteiger partial charge is 0.353 e. The van der Waals surface area contributed by atoms with Gasteiger partial charge in [-0.2, -0.15) is 0 Å². The number of carbonyl (C=O) groups is 4. The molecule has 0 aromatic rings. The van der Waals surface area contributed by atoms with Crippen molar-refractivity contribution in [1.29, 1.82) is 0 Å². The van der Waals surface area contributed by atoms with Crippen LogP contribution in [0.2, 0.25) is 0 Å². The molecule has 0 aliphatic carbocycles. The van der Waals surface area contributed by atoms with Gasteiger partial charge in [-0.25, -0.2) is 4.79 Å². The molecule has 3 atom stereocenters. The molecule has 0 bridgehead atoms. The normalized spacial score (nSPS) is 29.3. The number of hydrogen-bond donors (Lipinski definition) is 2. The number of carboxylic acids is 1. The average molecular weight is 325 g/mol. The maximum atomic E-state index is 12.3. The molecule has 0 aromatic carbocycles. The van der Waals surface area contributed by atoms with Crippen LogP contribution in [0.3, 0.4) is 0 Å². The van der Waals surface area contributed by atoms with Crippen molar-refractivity contribution < 1.29 is 24.3 Å². The van der Waals surface area contributed by atoms with E-state index in [1.54, 1.807) is 0 Å². The quantitative estimate of drug-likeness (QED) is 0.637. The highest BCUT2D eigenvalue weighted by Crippen LogP contribution is 2.49. The number of hydrogen-bond acceptors (Lipinski definition) is 5. The zero-order chi connectivity index (χ0) is 16.2. The van der Waals surface area contributed by atoms with Gasteiger partial charge in [-0.15, -0.1) is 11.8 Å². The van der Waals surface area contributed by atoms with Gasteiger partial charge in [0.05, 0.1) is 11.8 Å². The summed E-state index contributed by atoms with van der Waals surface area (Å²) in [5.74, 6) is -2.32. The molecule has 0 saturated carbocycles. The highest BCUT2D eigenvalue weighted by molar-refractivity contribution is 8.03. The predicted octanol–water partition coefficient (Wildman–Crippen LogP) is -1.04. The SMILES string of the molecule is CC(=O)N1C[C@H]2CC(SCC(N)=O)=C(C(=O)O)N3C(=O)[C@@H]1[C@@H]23. The molecule has 3 heterocycles. The average Bonchev–Trinajstić information content (AvgIpc) is 2.79. The second-order valence-corrected chi connectivity index (χ2v) is 6.68.